The number of rotatable bonds is 4. The number of hydrogen-bond donors (Lipinski definition) is 3. The monoisotopic (exact) mass is 411 g/mol. The van der Waals surface area contributed by atoms with Gasteiger partial charge in [0.1, 0.15) is 11.4 Å². The molecule has 4 N–H and O–H groups in total. The molecule has 7 nitrogen and oxygen atoms in total. The lowest BCUT2D eigenvalue weighted by Gasteiger charge is -2.28. The predicted molar refractivity (Wildman–Crippen MR) is 111 cm³/mol. The molecule has 1 saturated heterocycles. The molecule has 2 aromatic rings. The van der Waals surface area contributed by atoms with Crippen LogP contribution in [0, 0.1) is 0 Å². The first-order valence-corrected chi connectivity index (χ1v) is 8.10. The van der Waals surface area contributed by atoms with E-state index >= 15 is 0 Å². The number of carbonyl (C=O) groups excluding carboxylic acids is 2. The number of carbonyl (C=O) groups is 2. The van der Waals surface area contributed by atoms with Crippen LogP contribution in [0.1, 0.15) is 12.5 Å². The first kappa shape index (κ1) is 22.7. The average Bonchev–Trinajstić information content (AvgIpc) is 2.63. The maximum atomic E-state index is 12.5. The molecule has 1 aliphatic heterocycles. The minimum Gasteiger partial charge on any atom is -0.353 e. The summed E-state index contributed by atoms with van der Waals surface area (Å²) in [4.78, 5) is 30.2. The topological polar surface area (TPSA) is 100 Å². The molecule has 2 amide bonds. The number of halogens is 2. The molecule has 27 heavy (non-hydrogen) atoms. The van der Waals surface area contributed by atoms with E-state index in [1.54, 1.807) is 25.3 Å². The third-order valence-corrected chi connectivity index (χ3v) is 4.21. The minimum atomic E-state index is -1.15. The van der Waals surface area contributed by atoms with Gasteiger partial charge in [0.2, 0.25) is 11.8 Å². The van der Waals surface area contributed by atoms with E-state index in [9.17, 15) is 9.59 Å². The van der Waals surface area contributed by atoms with Gasteiger partial charge < -0.3 is 21.3 Å². The standard InChI is InChI=1S/C18H21N5O2.2ClH/c1-18(19,13-5-3-2-4-6-13)17(25)22-14-7-8-15(21-11-14)23-10-9-20-16(24)12-23;;/h2-8,11H,9-10,12,19H2,1H3,(H,20,24)(H,22,25);2*1H. The van der Waals surface area contributed by atoms with Gasteiger partial charge in [-0.05, 0) is 24.6 Å². The van der Waals surface area contributed by atoms with E-state index in [2.05, 4.69) is 15.6 Å². The van der Waals surface area contributed by atoms with Crippen LogP contribution in [0.5, 0.6) is 0 Å². The Morgan fingerprint density at radius 2 is 1.93 bits per heavy atom. The number of anilines is 2. The summed E-state index contributed by atoms with van der Waals surface area (Å²) in [7, 11) is 0. The number of pyridine rings is 1. The number of nitrogens with two attached hydrogens (primary N) is 1. The van der Waals surface area contributed by atoms with E-state index in [1.807, 2.05) is 35.2 Å². The van der Waals surface area contributed by atoms with Crippen molar-refractivity contribution in [1.29, 1.82) is 0 Å². The maximum Gasteiger partial charge on any atom is 0.248 e. The molecule has 1 atom stereocenters. The molecule has 0 radical (unpaired) electrons. The normalized spacial score (nSPS) is 15.5. The van der Waals surface area contributed by atoms with Gasteiger partial charge in [0, 0.05) is 13.1 Å². The number of nitrogens with zero attached hydrogens (tertiary/aromatic N) is 2. The molecule has 1 fully saturated rings. The van der Waals surface area contributed by atoms with Gasteiger partial charge in [-0.2, -0.15) is 0 Å². The second-order valence-electron chi connectivity index (χ2n) is 6.20. The zero-order valence-corrected chi connectivity index (χ0v) is 16.5. The minimum absolute atomic E-state index is 0. The number of benzene rings is 1. The molecule has 9 heteroatoms. The number of aromatic nitrogens is 1. The smallest absolute Gasteiger partial charge is 0.248 e. The Bertz CT molecular complexity index is 769. The summed E-state index contributed by atoms with van der Waals surface area (Å²) in [6.07, 6.45) is 1.57. The van der Waals surface area contributed by atoms with E-state index in [0.717, 1.165) is 5.56 Å². The number of amides is 2. The Morgan fingerprint density at radius 1 is 1.22 bits per heavy atom. The van der Waals surface area contributed by atoms with Crippen LogP contribution < -0.4 is 21.3 Å². The molecular formula is C18H23Cl2N5O2. The summed E-state index contributed by atoms with van der Waals surface area (Å²) in [6.45, 7) is 3.26. The van der Waals surface area contributed by atoms with Gasteiger partial charge in [0.25, 0.3) is 0 Å². The molecule has 0 bridgehead atoms. The molecular weight excluding hydrogens is 389 g/mol. The molecule has 2 heterocycles. The molecule has 1 aromatic carbocycles. The van der Waals surface area contributed by atoms with Crippen molar-refractivity contribution in [3.05, 3.63) is 54.2 Å². The number of nitrogens with one attached hydrogen (secondary N) is 2. The van der Waals surface area contributed by atoms with Crippen molar-refractivity contribution in [3.8, 4) is 0 Å². The molecule has 1 aliphatic rings. The third-order valence-electron chi connectivity index (χ3n) is 4.21. The van der Waals surface area contributed by atoms with Gasteiger partial charge in [0.05, 0.1) is 18.4 Å². The first-order valence-electron chi connectivity index (χ1n) is 8.10. The molecule has 1 aromatic heterocycles. The van der Waals surface area contributed by atoms with Gasteiger partial charge in [-0.3, -0.25) is 9.59 Å². The molecule has 0 saturated carbocycles. The lowest BCUT2D eigenvalue weighted by atomic mass is 9.92. The van der Waals surface area contributed by atoms with Crippen LogP contribution in [0.15, 0.2) is 48.7 Å². The number of hydrogen-bond acceptors (Lipinski definition) is 5. The van der Waals surface area contributed by atoms with Gasteiger partial charge >= 0.3 is 0 Å². The van der Waals surface area contributed by atoms with E-state index in [1.165, 1.54) is 0 Å². The van der Waals surface area contributed by atoms with E-state index < -0.39 is 5.54 Å². The zero-order chi connectivity index (χ0) is 17.9. The highest BCUT2D eigenvalue weighted by molar-refractivity contribution is 5.98. The number of piperazine rings is 1. The van der Waals surface area contributed by atoms with Crippen LogP contribution in [0.25, 0.3) is 0 Å². The third kappa shape index (κ3) is 5.32. The van der Waals surface area contributed by atoms with Crippen molar-refractivity contribution >= 4 is 48.1 Å². The molecule has 3 rings (SSSR count). The fraction of sp³-hybridized carbons (Fsp3) is 0.278. The van der Waals surface area contributed by atoms with Gasteiger partial charge in [-0.15, -0.1) is 24.8 Å². The van der Waals surface area contributed by atoms with Crippen LogP contribution in [0.3, 0.4) is 0 Å². The lowest BCUT2D eigenvalue weighted by molar-refractivity contribution is -0.121. The maximum absolute atomic E-state index is 12.5. The van der Waals surface area contributed by atoms with Crippen molar-refractivity contribution in [1.82, 2.24) is 10.3 Å². The van der Waals surface area contributed by atoms with Gasteiger partial charge in [-0.1, -0.05) is 30.3 Å². The van der Waals surface area contributed by atoms with Crippen LogP contribution in [-0.4, -0.2) is 36.4 Å². The van der Waals surface area contributed by atoms with Crippen molar-refractivity contribution in [2.24, 2.45) is 5.73 Å². The fourth-order valence-electron chi connectivity index (χ4n) is 2.66. The van der Waals surface area contributed by atoms with E-state index in [0.29, 0.717) is 24.6 Å². The van der Waals surface area contributed by atoms with Crippen molar-refractivity contribution in [2.45, 2.75) is 12.5 Å². The van der Waals surface area contributed by atoms with Gasteiger partial charge in [-0.25, -0.2) is 4.98 Å². The predicted octanol–water partition coefficient (Wildman–Crippen LogP) is 1.67. The highest BCUT2D eigenvalue weighted by Crippen LogP contribution is 2.21. The van der Waals surface area contributed by atoms with Crippen molar-refractivity contribution in [3.63, 3.8) is 0 Å². The van der Waals surface area contributed by atoms with Crippen molar-refractivity contribution < 1.29 is 9.59 Å². The first-order chi connectivity index (χ1) is 12.0. The fourth-order valence-corrected chi connectivity index (χ4v) is 2.66. The lowest BCUT2D eigenvalue weighted by Crippen LogP contribution is -2.48. The SMILES string of the molecule is CC(N)(C(=O)Nc1ccc(N2CCNC(=O)C2)nc1)c1ccccc1.Cl.Cl. The quantitative estimate of drug-likeness (QED) is 0.710. The molecule has 1 unspecified atom stereocenters. The summed E-state index contributed by atoms with van der Waals surface area (Å²) in [6, 6.07) is 12.8. The Morgan fingerprint density at radius 3 is 2.52 bits per heavy atom. The van der Waals surface area contributed by atoms with Gasteiger partial charge in [0.15, 0.2) is 0 Å². The largest absolute Gasteiger partial charge is 0.353 e. The van der Waals surface area contributed by atoms with Crippen LogP contribution in [0.2, 0.25) is 0 Å². The van der Waals surface area contributed by atoms with Crippen molar-refractivity contribution in [2.75, 3.05) is 29.9 Å². The summed E-state index contributed by atoms with van der Waals surface area (Å²) in [5.74, 6) is 0.365. The Labute approximate surface area is 170 Å². The average molecular weight is 412 g/mol. The molecule has 0 aliphatic carbocycles. The second-order valence-corrected chi connectivity index (χ2v) is 6.20. The summed E-state index contributed by atoms with van der Waals surface area (Å²) in [5, 5.41) is 5.57. The highest BCUT2D eigenvalue weighted by atomic mass is 35.5. The van der Waals surface area contributed by atoms with E-state index in [-0.39, 0.29) is 43.2 Å². The summed E-state index contributed by atoms with van der Waals surface area (Å²) < 4.78 is 0. The zero-order valence-electron chi connectivity index (χ0n) is 14.8. The Balaban J connectivity index is 0.00000182. The molecule has 146 valence electrons. The second kappa shape index (κ2) is 9.55. The van der Waals surface area contributed by atoms with Crippen LogP contribution in [0.4, 0.5) is 11.5 Å². The molecule has 0 spiro atoms. The summed E-state index contributed by atoms with van der Waals surface area (Å²) >= 11 is 0. The summed E-state index contributed by atoms with van der Waals surface area (Å²) in [5.41, 5.74) is 6.35. The Kier molecular flexibility index (Phi) is 8.02. The highest BCUT2D eigenvalue weighted by Gasteiger charge is 2.30. The van der Waals surface area contributed by atoms with E-state index in [4.69, 9.17) is 5.73 Å². The Hall–Kier alpha value is -2.35. The van der Waals surface area contributed by atoms with Crippen LogP contribution in [-0.2, 0) is 15.1 Å². The van der Waals surface area contributed by atoms with Crippen LogP contribution >= 0.6 is 24.8 Å².